The molecule has 4 heterocycles. The third-order valence-electron chi connectivity index (χ3n) is 9.83. The number of hydrogen-bond acceptors (Lipinski definition) is 5. The van der Waals surface area contributed by atoms with Gasteiger partial charge in [-0.15, -0.1) is 0 Å². The summed E-state index contributed by atoms with van der Waals surface area (Å²) < 4.78 is 5.66. The molecule has 4 aliphatic rings. The van der Waals surface area contributed by atoms with Crippen molar-refractivity contribution in [2.24, 2.45) is 5.41 Å². The molecule has 2 fully saturated rings. The first-order valence-electron chi connectivity index (χ1n) is 14.4. The highest BCUT2D eigenvalue weighted by Gasteiger charge is 2.51. The number of benzene rings is 2. The van der Waals surface area contributed by atoms with Crippen molar-refractivity contribution < 1.29 is 14.3 Å². The van der Waals surface area contributed by atoms with Gasteiger partial charge in [-0.1, -0.05) is 36.4 Å². The van der Waals surface area contributed by atoms with E-state index >= 15 is 0 Å². The molecule has 1 aromatic heterocycles. The molecule has 7 rings (SSSR count). The van der Waals surface area contributed by atoms with E-state index in [2.05, 4.69) is 62.6 Å². The molecule has 1 aliphatic carbocycles. The summed E-state index contributed by atoms with van der Waals surface area (Å²) in [4.78, 5) is 36.1. The summed E-state index contributed by atoms with van der Waals surface area (Å²) >= 11 is 0. The van der Waals surface area contributed by atoms with Crippen molar-refractivity contribution >= 4 is 23.3 Å². The fourth-order valence-corrected chi connectivity index (χ4v) is 7.49. The molecule has 2 atom stereocenters. The van der Waals surface area contributed by atoms with E-state index in [0.717, 1.165) is 42.5 Å². The number of carbonyl (C=O) groups is 2. The molecule has 0 unspecified atom stereocenters. The molecule has 7 heteroatoms. The third kappa shape index (κ3) is 3.93. The number of rotatable bonds is 4. The molecule has 2 amide bonds. The molecule has 3 aliphatic heterocycles. The topological polar surface area (TPSA) is 74.8 Å². The maximum Gasteiger partial charge on any atom is 0.237 e. The Bertz CT molecular complexity index is 1480. The van der Waals surface area contributed by atoms with Gasteiger partial charge < -0.3 is 19.9 Å². The van der Waals surface area contributed by atoms with Gasteiger partial charge in [-0.05, 0) is 79.0 Å². The summed E-state index contributed by atoms with van der Waals surface area (Å²) in [6.45, 7) is 1.87. The molecule has 2 aromatic carbocycles. The average Bonchev–Trinajstić information content (AvgIpc) is 3.49. The number of aromatic nitrogens is 1. The van der Waals surface area contributed by atoms with Crippen molar-refractivity contribution in [3.63, 3.8) is 0 Å². The zero-order chi connectivity index (χ0) is 27.5. The van der Waals surface area contributed by atoms with Crippen molar-refractivity contribution in [2.45, 2.75) is 56.5 Å². The van der Waals surface area contributed by atoms with Crippen LogP contribution in [0.3, 0.4) is 0 Å². The number of hydrogen-bond donors (Lipinski definition) is 1. The molecule has 0 saturated carbocycles. The SMILES string of the molecule is CN(C)c1ccc([C@@H]2CCC3(CCOCC3)C(=O)N2Cc2ccc3c(c2)C[C@@]2(C3)C(=O)Nc3ncccc32)cc1. The minimum absolute atomic E-state index is 0.0350. The zero-order valence-corrected chi connectivity index (χ0v) is 23.3. The highest BCUT2D eigenvalue weighted by atomic mass is 16.5. The minimum atomic E-state index is -0.589. The monoisotopic (exact) mass is 536 g/mol. The second-order valence-corrected chi connectivity index (χ2v) is 12.3. The number of pyridine rings is 1. The molecule has 206 valence electrons. The van der Waals surface area contributed by atoms with Crippen LogP contribution >= 0.6 is 0 Å². The minimum Gasteiger partial charge on any atom is -0.381 e. The average molecular weight is 537 g/mol. The van der Waals surface area contributed by atoms with Gasteiger partial charge in [0.15, 0.2) is 0 Å². The molecule has 0 bridgehead atoms. The molecule has 0 radical (unpaired) electrons. The van der Waals surface area contributed by atoms with E-state index in [9.17, 15) is 9.59 Å². The van der Waals surface area contributed by atoms with E-state index in [0.29, 0.717) is 38.4 Å². The van der Waals surface area contributed by atoms with Crippen molar-refractivity contribution in [2.75, 3.05) is 37.5 Å². The molecule has 2 saturated heterocycles. The fourth-order valence-electron chi connectivity index (χ4n) is 7.49. The van der Waals surface area contributed by atoms with Crippen molar-refractivity contribution in [1.82, 2.24) is 9.88 Å². The molecule has 40 heavy (non-hydrogen) atoms. The van der Waals surface area contributed by atoms with Crippen LogP contribution in [0.15, 0.2) is 60.8 Å². The first-order valence-corrected chi connectivity index (χ1v) is 14.4. The predicted molar refractivity (Wildman–Crippen MR) is 154 cm³/mol. The van der Waals surface area contributed by atoms with Crippen LogP contribution in [-0.2, 0) is 39.1 Å². The molecule has 3 aromatic rings. The lowest BCUT2D eigenvalue weighted by Crippen LogP contribution is -2.51. The predicted octanol–water partition coefficient (Wildman–Crippen LogP) is 4.80. The number of ether oxygens (including phenoxy) is 1. The van der Waals surface area contributed by atoms with Crippen LogP contribution in [0.2, 0.25) is 0 Å². The van der Waals surface area contributed by atoms with Crippen molar-refractivity contribution in [3.8, 4) is 0 Å². The van der Waals surface area contributed by atoms with Gasteiger partial charge in [-0.25, -0.2) is 4.98 Å². The standard InChI is InChI=1S/C33H36N4O3/c1-36(2)26-9-7-23(8-10-26)28-11-12-32(13-16-40-17-14-32)31(39)37(28)21-22-5-6-24-19-33(20-25(24)18-22)27-4-3-15-34-29(27)35-30(33)38/h3-10,15,18,28H,11-14,16-17,19-21H2,1-2H3,(H,34,35,38)/t28-,33+/m0/s1. The van der Waals surface area contributed by atoms with Crippen LogP contribution < -0.4 is 10.2 Å². The second kappa shape index (κ2) is 9.44. The molecule has 1 N–H and O–H groups in total. The maximum absolute atomic E-state index is 14.3. The van der Waals surface area contributed by atoms with Crippen molar-refractivity contribution in [1.29, 1.82) is 0 Å². The van der Waals surface area contributed by atoms with E-state index in [4.69, 9.17) is 4.74 Å². The fraction of sp³-hybridized carbons (Fsp3) is 0.424. The van der Waals surface area contributed by atoms with Gasteiger partial charge in [-0.3, -0.25) is 9.59 Å². The number of nitrogens with zero attached hydrogens (tertiary/aromatic N) is 3. The quantitative estimate of drug-likeness (QED) is 0.519. The second-order valence-electron chi connectivity index (χ2n) is 12.3. The highest BCUT2D eigenvalue weighted by Crippen LogP contribution is 2.49. The van der Waals surface area contributed by atoms with Crippen LogP contribution in [0.1, 0.15) is 59.5 Å². The molecular formula is C33H36N4O3. The summed E-state index contributed by atoms with van der Waals surface area (Å²) in [6.07, 6.45) is 6.51. The Hall–Kier alpha value is -3.71. The third-order valence-corrected chi connectivity index (χ3v) is 9.83. The zero-order valence-electron chi connectivity index (χ0n) is 23.3. The van der Waals surface area contributed by atoms with E-state index in [1.165, 1.54) is 16.7 Å². The Morgan fingerprint density at radius 1 is 1.00 bits per heavy atom. The number of carbonyl (C=O) groups excluding carboxylic acids is 2. The lowest BCUT2D eigenvalue weighted by molar-refractivity contribution is -0.158. The van der Waals surface area contributed by atoms with E-state index in [1.807, 2.05) is 26.2 Å². The van der Waals surface area contributed by atoms with Crippen LogP contribution in [0.4, 0.5) is 11.5 Å². The van der Waals surface area contributed by atoms with E-state index < -0.39 is 5.41 Å². The van der Waals surface area contributed by atoms with Gasteiger partial charge in [0.05, 0.1) is 16.9 Å². The molecule has 7 nitrogen and oxygen atoms in total. The molecular weight excluding hydrogens is 500 g/mol. The number of amides is 2. The maximum atomic E-state index is 14.3. The number of nitrogens with one attached hydrogen (secondary N) is 1. The van der Waals surface area contributed by atoms with Gasteiger partial charge in [-0.2, -0.15) is 0 Å². The Morgan fingerprint density at radius 3 is 2.55 bits per heavy atom. The largest absolute Gasteiger partial charge is 0.381 e. The Labute approximate surface area is 235 Å². The Morgan fingerprint density at radius 2 is 1.77 bits per heavy atom. The van der Waals surface area contributed by atoms with Gasteiger partial charge in [0.1, 0.15) is 5.82 Å². The smallest absolute Gasteiger partial charge is 0.237 e. The summed E-state index contributed by atoms with van der Waals surface area (Å²) in [5.41, 5.74) is 5.94. The summed E-state index contributed by atoms with van der Waals surface area (Å²) in [5, 5.41) is 3.00. The Kier molecular flexibility index (Phi) is 5.97. The Balaban J connectivity index is 1.20. The summed E-state index contributed by atoms with van der Waals surface area (Å²) in [7, 11) is 4.09. The van der Waals surface area contributed by atoms with Crippen molar-refractivity contribution in [3.05, 3.63) is 88.6 Å². The lowest BCUT2D eigenvalue weighted by Gasteiger charge is -2.48. The lowest BCUT2D eigenvalue weighted by atomic mass is 9.70. The van der Waals surface area contributed by atoms with Crippen LogP contribution in [0.5, 0.6) is 0 Å². The van der Waals surface area contributed by atoms with E-state index in [-0.39, 0.29) is 23.3 Å². The summed E-state index contributed by atoms with van der Waals surface area (Å²) in [6, 6.07) is 19.2. The van der Waals surface area contributed by atoms with Gasteiger partial charge in [0.25, 0.3) is 0 Å². The van der Waals surface area contributed by atoms with Crippen LogP contribution in [0.25, 0.3) is 0 Å². The number of likely N-dealkylation sites (tertiary alicyclic amines) is 1. The normalized spacial score (nSPS) is 24.8. The number of anilines is 2. The number of piperidine rings is 1. The van der Waals surface area contributed by atoms with Gasteiger partial charge in [0.2, 0.25) is 11.8 Å². The molecule has 2 spiro atoms. The first-order chi connectivity index (χ1) is 19.4. The van der Waals surface area contributed by atoms with Crippen LogP contribution in [-0.4, -0.2) is 49.0 Å². The van der Waals surface area contributed by atoms with Gasteiger partial charge in [0, 0.05) is 51.3 Å². The summed E-state index contributed by atoms with van der Waals surface area (Å²) in [5.74, 6) is 0.980. The first kappa shape index (κ1) is 25.3. The number of fused-ring (bicyclic) bond motifs is 3. The van der Waals surface area contributed by atoms with Crippen LogP contribution in [0, 0.1) is 5.41 Å². The van der Waals surface area contributed by atoms with Gasteiger partial charge >= 0.3 is 0 Å². The van der Waals surface area contributed by atoms with E-state index in [1.54, 1.807) is 6.20 Å². The highest BCUT2D eigenvalue weighted by molar-refractivity contribution is 6.06.